The first-order chi connectivity index (χ1) is 15.4. The number of rotatable bonds is 5. The van der Waals surface area contributed by atoms with Gasteiger partial charge in [-0.3, -0.25) is 0 Å². The van der Waals surface area contributed by atoms with Crippen LogP contribution in [0.1, 0.15) is 29.7 Å². The minimum atomic E-state index is -4.81. The Morgan fingerprint density at radius 1 is 1.19 bits per heavy atom. The van der Waals surface area contributed by atoms with Crippen molar-refractivity contribution in [2.45, 2.75) is 32.0 Å². The molecule has 2 aromatic carbocycles. The number of fused-ring (bicyclic) bond motifs is 3. The van der Waals surface area contributed by atoms with E-state index in [9.17, 15) is 13.2 Å². The number of ether oxygens (including phenoxy) is 1. The van der Waals surface area contributed by atoms with Crippen LogP contribution in [0, 0.1) is 17.8 Å². The first kappa shape index (κ1) is 20.1. The lowest BCUT2D eigenvalue weighted by Gasteiger charge is -2.11. The van der Waals surface area contributed by atoms with Gasteiger partial charge < -0.3 is 14.2 Å². The lowest BCUT2D eigenvalue weighted by molar-refractivity contribution is -0.274. The first-order valence-electron chi connectivity index (χ1n) is 9.99. The average Bonchev–Trinajstić information content (AvgIpc) is 3.47. The van der Waals surface area contributed by atoms with Crippen LogP contribution < -0.4 is 4.74 Å². The molecular formula is C23H16F3N4O2. The van der Waals surface area contributed by atoms with E-state index in [4.69, 9.17) is 9.78 Å². The average molecular weight is 437 g/mol. The van der Waals surface area contributed by atoms with E-state index in [2.05, 4.69) is 26.3 Å². The Morgan fingerprint density at radius 2 is 2.06 bits per heavy atom. The SMILES string of the molecule is N#CCCc1cc(OC(F)(F)F)ccc1-c1nc(-c2ccc3[nH]c4c(c3c2)CC[CH]4)no1. The van der Waals surface area contributed by atoms with Crippen molar-refractivity contribution in [1.29, 1.82) is 5.26 Å². The summed E-state index contributed by atoms with van der Waals surface area (Å²) >= 11 is 0. The maximum atomic E-state index is 12.6. The van der Waals surface area contributed by atoms with E-state index in [1.807, 2.05) is 24.3 Å². The van der Waals surface area contributed by atoms with Crippen LogP contribution in [0.4, 0.5) is 13.2 Å². The number of H-pyrrole nitrogens is 1. The molecule has 1 radical (unpaired) electrons. The Bertz CT molecular complexity index is 1350. The molecule has 2 aromatic heterocycles. The molecule has 32 heavy (non-hydrogen) atoms. The third kappa shape index (κ3) is 3.80. The van der Waals surface area contributed by atoms with Crippen LogP contribution in [-0.4, -0.2) is 21.5 Å². The van der Waals surface area contributed by atoms with Gasteiger partial charge in [-0.05, 0) is 66.8 Å². The molecule has 0 amide bonds. The van der Waals surface area contributed by atoms with E-state index < -0.39 is 6.36 Å². The van der Waals surface area contributed by atoms with Crippen LogP contribution in [-0.2, 0) is 12.8 Å². The fourth-order valence-corrected chi connectivity index (χ4v) is 4.04. The fraction of sp³-hybridized carbons (Fsp3) is 0.217. The molecule has 1 N–H and O–H groups in total. The number of nitriles is 1. The van der Waals surface area contributed by atoms with Crippen molar-refractivity contribution < 1.29 is 22.4 Å². The van der Waals surface area contributed by atoms with E-state index in [0.29, 0.717) is 17.0 Å². The van der Waals surface area contributed by atoms with E-state index in [1.165, 1.54) is 23.8 Å². The fourth-order valence-electron chi connectivity index (χ4n) is 4.04. The van der Waals surface area contributed by atoms with Crippen LogP contribution in [0.25, 0.3) is 33.7 Å². The number of nitrogens with zero attached hydrogens (tertiary/aromatic N) is 3. The van der Waals surface area contributed by atoms with Crippen LogP contribution >= 0.6 is 0 Å². The summed E-state index contributed by atoms with van der Waals surface area (Å²) in [5, 5.41) is 14.1. The minimum Gasteiger partial charge on any atom is -0.406 e. The van der Waals surface area contributed by atoms with Gasteiger partial charge in [0.05, 0.1) is 6.07 Å². The van der Waals surface area contributed by atoms with Gasteiger partial charge in [-0.25, -0.2) is 0 Å². The van der Waals surface area contributed by atoms with Gasteiger partial charge in [0.2, 0.25) is 5.82 Å². The zero-order chi connectivity index (χ0) is 22.3. The third-order valence-electron chi connectivity index (χ3n) is 5.41. The molecule has 0 bridgehead atoms. The molecule has 0 atom stereocenters. The predicted octanol–water partition coefficient (Wildman–Crippen LogP) is 5.74. The Morgan fingerprint density at radius 3 is 2.88 bits per heavy atom. The normalized spacial score (nSPS) is 13.3. The summed E-state index contributed by atoms with van der Waals surface area (Å²) in [5.74, 6) is 0.178. The molecule has 161 valence electrons. The van der Waals surface area contributed by atoms with Crippen molar-refractivity contribution in [3.8, 4) is 34.7 Å². The summed E-state index contributed by atoms with van der Waals surface area (Å²) in [6, 6.07) is 11.7. The number of aromatic nitrogens is 3. The molecule has 1 aliphatic carbocycles. The second kappa shape index (κ2) is 7.71. The number of hydrogen-bond acceptors (Lipinski definition) is 5. The van der Waals surface area contributed by atoms with Gasteiger partial charge in [-0.1, -0.05) is 5.16 Å². The lowest BCUT2D eigenvalue weighted by atomic mass is 10.0. The molecule has 0 fully saturated rings. The van der Waals surface area contributed by atoms with Crippen LogP contribution in [0.2, 0.25) is 0 Å². The first-order valence-corrected chi connectivity index (χ1v) is 9.99. The summed E-state index contributed by atoms with van der Waals surface area (Å²) < 4.78 is 47.2. The van der Waals surface area contributed by atoms with Gasteiger partial charge in [-0.15, -0.1) is 13.2 Å². The topological polar surface area (TPSA) is 87.7 Å². The van der Waals surface area contributed by atoms with E-state index in [1.54, 1.807) is 0 Å². The Kier molecular flexibility index (Phi) is 4.85. The second-order valence-electron chi connectivity index (χ2n) is 7.47. The van der Waals surface area contributed by atoms with Gasteiger partial charge >= 0.3 is 6.36 Å². The molecule has 0 saturated carbocycles. The Hall–Kier alpha value is -3.80. The molecule has 2 heterocycles. The molecule has 4 aromatic rings. The number of aryl methyl sites for hydroxylation is 2. The summed E-state index contributed by atoms with van der Waals surface area (Å²) in [4.78, 5) is 7.86. The quantitative estimate of drug-likeness (QED) is 0.430. The highest BCUT2D eigenvalue weighted by Crippen LogP contribution is 2.35. The van der Waals surface area contributed by atoms with Gasteiger partial charge in [-0.2, -0.15) is 10.2 Å². The van der Waals surface area contributed by atoms with Crippen molar-refractivity contribution in [1.82, 2.24) is 15.1 Å². The third-order valence-corrected chi connectivity index (χ3v) is 5.41. The lowest BCUT2D eigenvalue weighted by Crippen LogP contribution is -2.17. The van der Waals surface area contributed by atoms with E-state index in [0.717, 1.165) is 35.0 Å². The van der Waals surface area contributed by atoms with Crippen molar-refractivity contribution in [2.75, 3.05) is 0 Å². The minimum absolute atomic E-state index is 0.121. The Balaban J connectivity index is 1.50. The molecule has 5 rings (SSSR count). The molecular weight excluding hydrogens is 421 g/mol. The standard InChI is InChI=1S/C23H16F3N4O2/c24-23(25,26)31-15-7-8-16(13(11-15)3-2-10-27)22-29-21(30-32-22)14-6-9-20-18(12-14)17-4-1-5-19(17)28-20/h5-9,11-12,28H,1-4H2. The van der Waals surface area contributed by atoms with Crippen molar-refractivity contribution >= 4 is 10.9 Å². The summed E-state index contributed by atoms with van der Waals surface area (Å²) in [6.45, 7) is 0. The van der Waals surface area contributed by atoms with Crippen molar-refractivity contribution in [3.05, 3.63) is 59.6 Å². The number of hydrogen-bond donors (Lipinski definition) is 1. The largest absolute Gasteiger partial charge is 0.573 e. The molecule has 0 aliphatic heterocycles. The zero-order valence-electron chi connectivity index (χ0n) is 16.7. The van der Waals surface area contributed by atoms with Gasteiger partial charge in [0, 0.05) is 40.6 Å². The number of benzene rings is 2. The maximum Gasteiger partial charge on any atom is 0.573 e. The summed E-state index contributed by atoms with van der Waals surface area (Å²) in [6.07, 6.45) is -0.304. The van der Waals surface area contributed by atoms with E-state index in [-0.39, 0.29) is 24.5 Å². The predicted molar refractivity (Wildman–Crippen MR) is 109 cm³/mol. The highest BCUT2D eigenvalue weighted by atomic mass is 19.4. The van der Waals surface area contributed by atoms with Gasteiger partial charge in [0.25, 0.3) is 5.89 Å². The van der Waals surface area contributed by atoms with E-state index >= 15 is 0 Å². The molecule has 1 aliphatic rings. The summed E-state index contributed by atoms with van der Waals surface area (Å²) in [5.41, 5.74) is 5.15. The Labute approximate surface area is 180 Å². The molecule has 9 heteroatoms. The number of alkyl halides is 3. The van der Waals surface area contributed by atoms with Crippen molar-refractivity contribution in [2.24, 2.45) is 0 Å². The van der Waals surface area contributed by atoms with Crippen LogP contribution in [0.15, 0.2) is 40.9 Å². The second-order valence-corrected chi connectivity index (χ2v) is 7.47. The molecule has 0 saturated heterocycles. The number of halogens is 3. The van der Waals surface area contributed by atoms with Gasteiger partial charge in [0.15, 0.2) is 0 Å². The highest BCUT2D eigenvalue weighted by molar-refractivity contribution is 5.89. The number of aromatic amines is 1. The molecule has 6 nitrogen and oxygen atoms in total. The number of nitrogens with one attached hydrogen (secondary N) is 1. The monoisotopic (exact) mass is 437 g/mol. The smallest absolute Gasteiger partial charge is 0.406 e. The van der Waals surface area contributed by atoms with Crippen LogP contribution in [0.5, 0.6) is 5.75 Å². The zero-order valence-corrected chi connectivity index (χ0v) is 16.7. The molecule has 0 unspecified atom stereocenters. The highest BCUT2D eigenvalue weighted by Gasteiger charge is 2.31. The molecule has 0 spiro atoms. The maximum absolute atomic E-state index is 12.6. The van der Waals surface area contributed by atoms with Crippen LogP contribution in [0.3, 0.4) is 0 Å². The van der Waals surface area contributed by atoms with Crippen molar-refractivity contribution in [3.63, 3.8) is 0 Å². The van der Waals surface area contributed by atoms with Gasteiger partial charge in [0.1, 0.15) is 5.75 Å². The summed E-state index contributed by atoms with van der Waals surface area (Å²) in [7, 11) is 0.